The molecule has 0 aromatic rings. The van der Waals surface area contributed by atoms with Gasteiger partial charge in [-0.15, -0.1) is 0 Å². The van der Waals surface area contributed by atoms with Crippen molar-refractivity contribution in [2.75, 3.05) is 0 Å². The van der Waals surface area contributed by atoms with Gasteiger partial charge in [-0.3, -0.25) is 0 Å². The van der Waals surface area contributed by atoms with Gasteiger partial charge < -0.3 is 21.2 Å². The Morgan fingerprint density at radius 2 is 1.22 bits per heavy atom. The predicted octanol–water partition coefficient (Wildman–Crippen LogP) is -2.48. The van der Waals surface area contributed by atoms with Crippen molar-refractivity contribution in [2.45, 2.75) is 0 Å². The fourth-order valence-electron chi connectivity index (χ4n) is 0. The van der Waals surface area contributed by atoms with Gasteiger partial charge >= 0.3 is 29.6 Å². The standard InChI is InChI=1S/CH2O3.Al.3H2O.O/c2-1(3)4;;;;;/h(H2,2,3,4);;3*1H2;/q;+1;;;;/p-1. The molecule has 0 heterocycles. The molecular weight excluding hydrogens is 151 g/mol. The van der Waals surface area contributed by atoms with Crippen LogP contribution in [0, 0.1) is 0 Å². The van der Waals surface area contributed by atoms with Crippen molar-refractivity contribution in [3.8, 4) is 0 Å². The van der Waals surface area contributed by atoms with Crippen LogP contribution < -0.4 is 0 Å². The first-order valence-corrected chi connectivity index (χ1v) is 2.13. The summed E-state index contributed by atoms with van der Waals surface area (Å²) in [5, 5.41) is 13.9. The topological polar surface area (TPSA) is 158 Å². The van der Waals surface area contributed by atoms with E-state index in [1.54, 1.807) is 0 Å². The first kappa shape index (κ1) is 23.9. The summed E-state index contributed by atoms with van der Waals surface area (Å²) in [7, 11) is 0. The summed E-state index contributed by atoms with van der Waals surface area (Å²) in [6.45, 7) is 0. The van der Waals surface area contributed by atoms with Crippen LogP contribution in [0.2, 0.25) is 0 Å². The van der Waals surface area contributed by atoms with E-state index < -0.39 is 21.6 Å². The maximum absolute atomic E-state index is 8.57. The van der Waals surface area contributed by atoms with Gasteiger partial charge in [-0.2, -0.15) is 0 Å². The molecule has 0 aromatic heterocycles. The number of carbonyl (C=O) groups is 1. The molecule has 0 aliphatic rings. The van der Waals surface area contributed by atoms with Crippen molar-refractivity contribution in [3.05, 3.63) is 0 Å². The van der Waals surface area contributed by atoms with Crippen LogP contribution in [0.4, 0.5) is 4.79 Å². The van der Waals surface area contributed by atoms with E-state index in [0.29, 0.717) is 0 Å². The molecule has 7 nitrogen and oxygen atoms in total. The Morgan fingerprint density at radius 3 is 1.22 bits per heavy atom. The molecule has 7 N–H and O–H groups in total. The SMILES string of the molecule is O.O.O=C(O)O.[O]=[Al][OH]. The van der Waals surface area contributed by atoms with Crippen molar-refractivity contribution in [1.82, 2.24) is 0 Å². The van der Waals surface area contributed by atoms with Crippen LogP contribution in [0.15, 0.2) is 0 Å². The van der Waals surface area contributed by atoms with Gasteiger partial charge in [0.05, 0.1) is 0 Å². The average molecular weight is 158 g/mol. The van der Waals surface area contributed by atoms with E-state index in [4.69, 9.17) is 23.0 Å². The quantitative estimate of drug-likeness (QED) is 0.332. The zero-order valence-electron chi connectivity index (χ0n) is 4.24. The van der Waals surface area contributed by atoms with E-state index in [2.05, 4.69) is 0 Å². The van der Waals surface area contributed by atoms with Crippen molar-refractivity contribution >= 4 is 21.6 Å². The van der Waals surface area contributed by atoms with Crippen LogP contribution >= 0.6 is 0 Å². The zero-order valence-corrected chi connectivity index (χ0v) is 5.39. The first-order chi connectivity index (χ1) is 3.15. The minimum atomic E-state index is -1.83. The van der Waals surface area contributed by atoms with Gasteiger partial charge in [-0.1, -0.05) is 0 Å². The van der Waals surface area contributed by atoms with Crippen LogP contribution in [0.5, 0.6) is 0 Å². The van der Waals surface area contributed by atoms with Gasteiger partial charge in [0.2, 0.25) is 0 Å². The second-order valence-electron chi connectivity index (χ2n) is 0.388. The van der Waals surface area contributed by atoms with Gasteiger partial charge in [-0.05, 0) is 0 Å². The maximum atomic E-state index is 8.57. The number of carboxylic acid groups (broad SMARTS) is 2. The fourth-order valence-corrected chi connectivity index (χ4v) is 0. The Bertz CT molecular complexity index is 55.9. The Morgan fingerprint density at radius 1 is 1.22 bits per heavy atom. The van der Waals surface area contributed by atoms with Gasteiger partial charge in [0, 0.05) is 0 Å². The Labute approximate surface area is 56.4 Å². The van der Waals surface area contributed by atoms with Crippen LogP contribution in [-0.4, -0.2) is 47.0 Å². The molecule has 0 fully saturated rings. The van der Waals surface area contributed by atoms with Crippen LogP contribution in [-0.2, 0) is 3.80 Å². The van der Waals surface area contributed by atoms with Gasteiger partial charge in [-0.25, -0.2) is 4.79 Å². The first-order valence-electron chi connectivity index (χ1n) is 1.15. The third-order valence-corrected chi connectivity index (χ3v) is 0. The molecule has 0 aliphatic carbocycles. The van der Waals surface area contributed by atoms with Crippen molar-refractivity contribution in [2.24, 2.45) is 0 Å². The molecule has 0 atom stereocenters. The molecule has 0 bridgehead atoms. The van der Waals surface area contributed by atoms with Crippen LogP contribution in [0.3, 0.4) is 0 Å². The number of rotatable bonds is 0. The van der Waals surface area contributed by atoms with Crippen molar-refractivity contribution < 1.29 is 33.9 Å². The van der Waals surface area contributed by atoms with Crippen LogP contribution in [0.1, 0.15) is 0 Å². The van der Waals surface area contributed by atoms with E-state index in [9.17, 15) is 0 Å². The third kappa shape index (κ3) is 452. The van der Waals surface area contributed by atoms with E-state index in [1.807, 2.05) is 0 Å². The van der Waals surface area contributed by atoms with Gasteiger partial charge in [0.1, 0.15) is 0 Å². The number of hydrogen-bond acceptors (Lipinski definition) is 2. The Hall–Kier alpha value is -0.678. The third-order valence-electron chi connectivity index (χ3n) is 0. The summed E-state index contributed by atoms with van der Waals surface area (Å²) in [5.74, 6) is 0. The molecule has 9 heavy (non-hydrogen) atoms. The van der Waals surface area contributed by atoms with Crippen LogP contribution in [0.25, 0.3) is 0 Å². The second-order valence-corrected chi connectivity index (χ2v) is 0.599. The minimum absolute atomic E-state index is 0. The van der Waals surface area contributed by atoms with Crippen molar-refractivity contribution in [3.63, 3.8) is 0 Å². The van der Waals surface area contributed by atoms with E-state index in [0.717, 1.165) is 0 Å². The summed E-state index contributed by atoms with van der Waals surface area (Å²) < 4.78 is 15.7. The zero-order chi connectivity index (χ0) is 6.28. The second kappa shape index (κ2) is 26.5. The molecule has 0 rings (SSSR count). The van der Waals surface area contributed by atoms with E-state index in [-0.39, 0.29) is 11.0 Å². The van der Waals surface area contributed by atoms with E-state index in [1.165, 1.54) is 0 Å². The molecule has 0 aliphatic heterocycles. The summed E-state index contributed by atoms with van der Waals surface area (Å²) in [4.78, 5) is 8.56. The fraction of sp³-hybridized carbons (Fsp3) is 0. The molecule has 0 aromatic carbocycles. The molecule has 0 spiro atoms. The Balaban J connectivity index is -0.0000000233. The molecule has 0 saturated carbocycles. The molecule has 8 heteroatoms. The molecule has 0 amide bonds. The van der Waals surface area contributed by atoms with E-state index >= 15 is 0 Å². The summed E-state index contributed by atoms with van der Waals surface area (Å²) >= 11 is -1.50. The molecular formula is CH7AlO7. The number of hydrogen-bond donors (Lipinski definition) is 3. The monoisotopic (exact) mass is 158 g/mol. The molecule has 0 unspecified atom stereocenters. The summed E-state index contributed by atoms with van der Waals surface area (Å²) in [6, 6.07) is 0. The normalized spacial score (nSPS) is 3.56. The molecule has 0 radical (unpaired) electrons. The van der Waals surface area contributed by atoms with Gasteiger partial charge in [0.25, 0.3) is 0 Å². The summed E-state index contributed by atoms with van der Waals surface area (Å²) in [5.41, 5.74) is 0. The van der Waals surface area contributed by atoms with Gasteiger partial charge in [0.15, 0.2) is 0 Å². The Kier molecular flexibility index (Phi) is 70.4. The summed E-state index contributed by atoms with van der Waals surface area (Å²) in [6.07, 6.45) is -1.83. The molecule has 0 saturated heterocycles. The average Bonchev–Trinajstić information content (AvgIpc) is 1.33. The molecule has 56 valence electrons. The predicted molar refractivity (Wildman–Crippen MR) is 26.5 cm³/mol. The van der Waals surface area contributed by atoms with Crippen molar-refractivity contribution in [1.29, 1.82) is 0 Å².